The van der Waals surface area contributed by atoms with E-state index in [0.29, 0.717) is 12.2 Å². The fraction of sp³-hybridized carbons (Fsp3) is 0.118. The number of nitrogens with zero attached hydrogens (tertiary/aromatic N) is 3. The molecule has 4 nitrogen and oxygen atoms in total. The molecule has 3 aromatic rings. The van der Waals surface area contributed by atoms with E-state index < -0.39 is 0 Å². The van der Waals surface area contributed by atoms with Gasteiger partial charge in [0.05, 0.1) is 0 Å². The van der Waals surface area contributed by atoms with Gasteiger partial charge in [0.25, 0.3) is 5.91 Å². The lowest BCUT2D eigenvalue weighted by Crippen LogP contribution is -2.26. The first kappa shape index (κ1) is 14.4. The average molecular weight is 309 g/mol. The van der Waals surface area contributed by atoms with Crippen molar-refractivity contribution in [2.45, 2.75) is 6.54 Å². The molecule has 0 atom stereocenters. The first-order chi connectivity index (χ1) is 10.7. The third-order valence-electron chi connectivity index (χ3n) is 3.23. The van der Waals surface area contributed by atoms with Gasteiger partial charge in [0, 0.05) is 36.9 Å². The zero-order valence-electron chi connectivity index (χ0n) is 12.1. The minimum absolute atomic E-state index is 0.0812. The minimum atomic E-state index is -0.0812. The maximum Gasteiger partial charge on any atom is 0.273 e. The standard InChI is InChI=1S/C17H15N3OS/c1-20(11-13-6-5-9-18-10-13)17(21)15-12-22-16(19-15)14-7-3-2-4-8-14/h2-10,12H,11H2,1H3. The van der Waals surface area contributed by atoms with Crippen molar-refractivity contribution >= 4 is 17.2 Å². The number of hydrogen-bond donors (Lipinski definition) is 0. The molecule has 0 saturated carbocycles. The first-order valence-corrected chi connectivity index (χ1v) is 7.77. The normalized spacial score (nSPS) is 10.4. The highest BCUT2D eigenvalue weighted by molar-refractivity contribution is 7.13. The molecule has 0 N–H and O–H groups in total. The van der Waals surface area contributed by atoms with Gasteiger partial charge in [-0.15, -0.1) is 11.3 Å². The summed E-state index contributed by atoms with van der Waals surface area (Å²) in [5.74, 6) is -0.0812. The van der Waals surface area contributed by atoms with Crippen LogP contribution in [0, 0.1) is 0 Å². The van der Waals surface area contributed by atoms with Gasteiger partial charge < -0.3 is 4.90 Å². The summed E-state index contributed by atoms with van der Waals surface area (Å²) in [7, 11) is 1.77. The van der Waals surface area contributed by atoms with Gasteiger partial charge in [0.1, 0.15) is 10.7 Å². The number of hydrogen-bond acceptors (Lipinski definition) is 4. The second-order valence-electron chi connectivity index (χ2n) is 4.93. The van der Waals surface area contributed by atoms with E-state index >= 15 is 0 Å². The van der Waals surface area contributed by atoms with Gasteiger partial charge in [-0.1, -0.05) is 36.4 Å². The Morgan fingerprint density at radius 2 is 2.00 bits per heavy atom. The van der Waals surface area contributed by atoms with Gasteiger partial charge in [0.2, 0.25) is 0 Å². The quantitative estimate of drug-likeness (QED) is 0.741. The molecule has 2 aromatic heterocycles. The first-order valence-electron chi connectivity index (χ1n) is 6.89. The second kappa shape index (κ2) is 6.49. The van der Waals surface area contributed by atoms with Crippen LogP contribution >= 0.6 is 11.3 Å². The highest BCUT2D eigenvalue weighted by atomic mass is 32.1. The molecule has 0 aliphatic heterocycles. The summed E-state index contributed by atoms with van der Waals surface area (Å²) in [5.41, 5.74) is 2.51. The lowest BCUT2D eigenvalue weighted by Gasteiger charge is -2.15. The van der Waals surface area contributed by atoms with E-state index in [4.69, 9.17) is 0 Å². The van der Waals surface area contributed by atoms with Gasteiger partial charge >= 0.3 is 0 Å². The Morgan fingerprint density at radius 1 is 1.18 bits per heavy atom. The predicted octanol–water partition coefficient (Wildman–Crippen LogP) is 3.48. The molecule has 0 radical (unpaired) electrons. The zero-order valence-corrected chi connectivity index (χ0v) is 13.0. The molecule has 0 aliphatic carbocycles. The summed E-state index contributed by atoms with van der Waals surface area (Å²) in [4.78, 5) is 22.6. The van der Waals surface area contributed by atoms with Crippen LogP contribution in [0.1, 0.15) is 16.1 Å². The Labute approximate surface area is 133 Å². The van der Waals surface area contributed by atoms with Gasteiger partial charge in [-0.3, -0.25) is 9.78 Å². The summed E-state index contributed by atoms with van der Waals surface area (Å²) in [6.45, 7) is 0.519. The summed E-state index contributed by atoms with van der Waals surface area (Å²) in [6, 6.07) is 13.7. The molecule has 22 heavy (non-hydrogen) atoms. The monoisotopic (exact) mass is 309 g/mol. The van der Waals surface area contributed by atoms with Gasteiger partial charge in [0.15, 0.2) is 0 Å². The third kappa shape index (κ3) is 3.20. The molecule has 0 unspecified atom stereocenters. The summed E-state index contributed by atoms with van der Waals surface area (Å²) < 4.78 is 0. The van der Waals surface area contributed by atoms with Crippen LogP contribution in [0.2, 0.25) is 0 Å². The largest absolute Gasteiger partial charge is 0.336 e. The minimum Gasteiger partial charge on any atom is -0.336 e. The highest BCUT2D eigenvalue weighted by Gasteiger charge is 2.16. The molecular weight excluding hydrogens is 294 g/mol. The molecule has 0 fully saturated rings. The summed E-state index contributed by atoms with van der Waals surface area (Å²) >= 11 is 1.48. The zero-order chi connectivity index (χ0) is 15.4. The fourth-order valence-corrected chi connectivity index (χ4v) is 2.92. The number of aromatic nitrogens is 2. The predicted molar refractivity (Wildman–Crippen MR) is 87.6 cm³/mol. The Kier molecular flexibility index (Phi) is 4.25. The number of amides is 1. The number of thiazole rings is 1. The third-order valence-corrected chi connectivity index (χ3v) is 4.12. The average Bonchev–Trinajstić information content (AvgIpc) is 3.06. The molecule has 0 spiro atoms. The van der Waals surface area contributed by atoms with E-state index in [1.807, 2.05) is 47.8 Å². The van der Waals surface area contributed by atoms with Crippen LogP contribution in [0.25, 0.3) is 10.6 Å². The van der Waals surface area contributed by atoms with E-state index in [9.17, 15) is 4.79 Å². The SMILES string of the molecule is CN(Cc1cccnc1)C(=O)c1csc(-c2ccccc2)n1. The van der Waals surface area contributed by atoms with Gasteiger partial charge in [-0.25, -0.2) is 4.98 Å². The van der Waals surface area contributed by atoms with Crippen LogP contribution in [-0.2, 0) is 6.54 Å². The molecule has 110 valence electrons. The number of carbonyl (C=O) groups excluding carboxylic acids is 1. The fourth-order valence-electron chi connectivity index (χ4n) is 2.12. The molecule has 1 amide bonds. The number of carbonyl (C=O) groups is 1. The molecule has 0 aliphatic rings. The smallest absolute Gasteiger partial charge is 0.273 e. The van der Waals surface area contributed by atoms with Gasteiger partial charge in [-0.2, -0.15) is 0 Å². The molecule has 3 rings (SSSR count). The van der Waals surface area contributed by atoms with Crippen molar-refractivity contribution < 1.29 is 4.79 Å². The number of rotatable bonds is 4. The molecular formula is C17H15N3OS. The highest BCUT2D eigenvalue weighted by Crippen LogP contribution is 2.23. The van der Waals surface area contributed by atoms with Crippen LogP contribution < -0.4 is 0 Å². The summed E-state index contributed by atoms with van der Waals surface area (Å²) in [6.07, 6.45) is 3.48. The summed E-state index contributed by atoms with van der Waals surface area (Å²) in [5, 5.41) is 2.67. The molecule has 1 aromatic carbocycles. The molecule has 0 bridgehead atoms. The van der Waals surface area contributed by atoms with Crippen LogP contribution in [0.3, 0.4) is 0 Å². The van der Waals surface area contributed by atoms with Crippen LogP contribution in [0.4, 0.5) is 0 Å². The second-order valence-corrected chi connectivity index (χ2v) is 5.78. The lowest BCUT2D eigenvalue weighted by molar-refractivity contribution is 0.0780. The van der Waals surface area contributed by atoms with E-state index in [0.717, 1.165) is 16.1 Å². The molecule has 2 heterocycles. The Hall–Kier alpha value is -2.53. The van der Waals surface area contributed by atoms with Crippen molar-refractivity contribution in [2.24, 2.45) is 0 Å². The topological polar surface area (TPSA) is 46.1 Å². The number of benzene rings is 1. The molecule has 5 heteroatoms. The van der Waals surface area contributed by atoms with E-state index in [1.54, 1.807) is 24.3 Å². The molecule has 0 saturated heterocycles. The van der Waals surface area contributed by atoms with Crippen molar-refractivity contribution in [1.29, 1.82) is 0 Å². The van der Waals surface area contributed by atoms with Crippen LogP contribution in [0.5, 0.6) is 0 Å². The number of pyridine rings is 1. The Morgan fingerprint density at radius 3 is 2.73 bits per heavy atom. The van der Waals surface area contributed by atoms with Crippen LogP contribution in [-0.4, -0.2) is 27.8 Å². The van der Waals surface area contributed by atoms with E-state index in [2.05, 4.69) is 9.97 Å². The lowest BCUT2D eigenvalue weighted by atomic mass is 10.2. The maximum atomic E-state index is 12.4. The van der Waals surface area contributed by atoms with Crippen molar-refractivity contribution in [3.8, 4) is 10.6 Å². The van der Waals surface area contributed by atoms with Crippen LogP contribution in [0.15, 0.2) is 60.2 Å². The van der Waals surface area contributed by atoms with Crippen molar-refractivity contribution in [2.75, 3.05) is 7.05 Å². The van der Waals surface area contributed by atoms with E-state index in [-0.39, 0.29) is 5.91 Å². The Bertz CT molecular complexity index is 756. The van der Waals surface area contributed by atoms with Crippen molar-refractivity contribution in [3.05, 3.63) is 71.5 Å². The van der Waals surface area contributed by atoms with Gasteiger partial charge in [-0.05, 0) is 11.6 Å². The van der Waals surface area contributed by atoms with Crippen molar-refractivity contribution in [3.63, 3.8) is 0 Å². The van der Waals surface area contributed by atoms with Crippen molar-refractivity contribution in [1.82, 2.24) is 14.9 Å². The maximum absolute atomic E-state index is 12.4. The Balaban J connectivity index is 1.74. The van der Waals surface area contributed by atoms with E-state index in [1.165, 1.54) is 11.3 Å².